The molecular weight excluding hydrogens is 318 g/mol. The summed E-state index contributed by atoms with van der Waals surface area (Å²) in [6, 6.07) is 5.35. The van der Waals surface area contributed by atoms with Gasteiger partial charge in [0.2, 0.25) is 0 Å². The summed E-state index contributed by atoms with van der Waals surface area (Å²) in [5.41, 5.74) is 0.699. The molecule has 0 aliphatic heterocycles. The molecule has 0 aliphatic rings. The highest BCUT2D eigenvalue weighted by molar-refractivity contribution is 6.04. The first-order chi connectivity index (χ1) is 11.9. The van der Waals surface area contributed by atoms with Crippen molar-refractivity contribution in [3.63, 3.8) is 0 Å². The summed E-state index contributed by atoms with van der Waals surface area (Å²) < 4.78 is 1.71. The van der Waals surface area contributed by atoms with Gasteiger partial charge in [0.05, 0.1) is 24.1 Å². The molecule has 0 aromatic carbocycles. The van der Waals surface area contributed by atoms with Crippen LogP contribution in [0.2, 0.25) is 0 Å². The number of amides is 1. The Morgan fingerprint density at radius 3 is 2.84 bits per heavy atom. The second kappa shape index (κ2) is 8.08. The zero-order valence-corrected chi connectivity index (χ0v) is 15.0. The largest absolute Gasteiger partial charge is 0.394 e. The lowest BCUT2D eigenvalue weighted by Crippen LogP contribution is -2.46. The third-order valence-electron chi connectivity index (χ3n) is 4.16. The molecule has 2 N–H and O–H groups in total. The highest BCUT2D eigenvalue weighted by Gasteiger charge is 2.27. The first-order valence-corrected chi connectivity index (χ1v) is 8.48. The van der Waals surface area contributed by atoms with Crippen LogP contribution in [-0.2, 0) is 6.54 Å². The van der Waals surface area contributed by atoms with E-state index in [1.165, 1.54) is 0 Å². The van der Waals surface area contributed by atoms with Gasteiger partial charge in [-0.3, -0.25) is 4.79 Å². The number of pyridine rings is 1. The van der Waals surface area contributed by atoms with Crippen LogP contribution in [0, 0.1) is 16.7 Å². The van der Waals surface area contributed by atoms with Crippen molar-refractivity contribution >= 4 is 16.9 Å². The smallest absolute Gasteiger partial charge is 0.272 e. The minimum Gasteiger partial charge on any atom is -0.394 e. The molecular formula is C18H25N5O2. The lowest BCUT2D eigenvalue weighted by molar-refractivity contribution is 0.0844. The van der Waals surface area contributed by atoms with E-state index in [4.69, 9.17) is 5.26 Å². The maximum atomic E-state index is 12.7. The molecule has 1 unspecified atom stereocenters. The zero-order valence-electron chi connectivity index (χ0n) is 15.0. The summed E-state index contributed by atoms with van der Waals surface area (Å²) in [6.07, 6.45) is 3.75. The Hall–Kier alpha value is -2.46. The summed E-state index contributed by atoms with van der Waals surface area (Å²) in [6.45, 7) is 6.34. The summed E-state index contributed by atoms with van der Waals surface area (Å²) >= 11 is 0. The Kier molecular flexibility index (Phi) is 6.10. The van der Waals surface area contributed by atoms with Crippen molar-refractivity contribution in [1.82, 2.24) is 20.1 Å². The van der Waals surface area contributed by atoms with Crippen molar-refractivity contribution < 1.29 is 9.90 Å². The fourth-order valence-corrected chi connectivity index (χ4v) is 2.56. The van der Waals surface area contributed by atoms with E-state index in [1.54, 1.807) is 16.9 Å². The van der Waals surface area contributed by atoms with Crippen molar-refractivity contribution in [3.05, 3.63) is 24.0 Å². The summed E-state index contributed by atoms with van der Waals surface area (Å²) in [5.74, 6) is -0.317. The second-order valence-electron chi connectivity index (χ2n) is 7.14. The van der Waals surface area contributed by atoms with Crippen LogP contribution in [0.1, 0.15) is 50.5 Å². The van der Waals surface area contributed by atoms with Crippen LogP contribution >= 0.6 is 0 Å². The molecule has 0 aliphatic carbocycles. The molecule has 0 bridgehead atoms. The number of carbonyl (C=O) groups is 1. The number of aromatic nitrogens is 3. The average Bonchev–Trinajstić information content (AvgIpc) is 2.94. The number of aliphatic hydroxyl groups is 1. The number of nitriles is 1. The molecule has 2 heterocycles. The molecule has 0 radical (unpaired) electrons. The standard InChI is InChI=1S/C18H25N5O2/c1-18(2,3)14(12-24)21-17(25)15-13-8-7-10-20-16(13)23(22-15)11-6-4-5-9-19/h7-8,10,14,24H,4-6,11-12H2,1-3H3,(H,21,25). The van der Waals surface area contributed by atoms with Gasteiger partial charge in [-0.15, -0.1) is 0 Å². The number of unbranched alkanes of at least 4 members (excludes halogenated alkanes) is 2. The normalized spacial score (nSPS) is 12.8. The fourth-order valence-electron chi connectivity index (χ4n) is 2.56. The number of hydrogen-bond acceptors (Lipinski definition) is 5. The van der Waals surface area contributed by atoms with Gasteiger partial charge in [0.15, 0.2) is 11.3 Å². The predicted molar refractivity (Wildman–Crippen MR) is 94.8 cm³/mol. The van der Waals surface area contributed by atoms with Crippen LogP contribution in [0.3, 0.4) is 0 Å². The van der Waals surface area contributed by atoms with Gasteiger partial charge >= 0.3 is 0 Å². The van der Waals surface area contributed by atoms with Crippen LogP contribution in [0.15, 0.2) is 18.3 Å². The molecule has 0 spiro atoms. The van der Waals surface area contributed by atoms with Crippen molar-refractivity contribution in [1.29, 1.82) is 5.26 Å². The van der Waals surface area contributed by atoms with Gasteiger partial charge < -0.3 is 10.4 Å². The molecule has 2 aromatic rings. The number of fused-ring (bicyclic) bond motifs is 1. The second-order valence-corrected chi connectivity index (χ2v) is 7.14. The van der Waals surface area contributed by atoms with Crippen molar-refractivity contribution in [2.75, 3.05) is 6.61 Å². The van der Waals surface area contributed by atoms with Crippen molar-refractivity contribution in [2.24, 2.45) is 5.41 Å². The number of nitrogens with one attached hydrogen (secondary N) is 1. The lowest BCUT2D eigenvalue weighted by atomic mass is 9.87. The van der Waals surface area contributed by atoms with Gasteiger partial charge in [-0.2, -0.15) is 10.4 Å². The number of aryl methyl sites for hydroxylation is 1. The van der Waals surface area contributed by atoms with Gasteiger partial charge in [-0.05, 0) is 30.4 Å². The van der Waals surface area contributed by atoms with Gasteiger partial charge in [0.25, 0.3) is 5.91 Å². The lowest BCUT2D eigenvalue weighted by Gasteiger charge is -2.29. The Balaban J connectivity index is 2.25. The Bertz CT molecular complexity index is 770. The van der Waals surface area contributed by atoms with E-state index in [0.29, 0.717) is 29.7 Å². The molecule has 0 fully saturated rings. The van der Waals surface area contributed by atoms with Crippen LogP contribution < -0.4 is 5.32 Å². The SMILES string of the molecule is CC(C)(C)C(CO)NC(=O)c1nn(CCCCC#N)c2ncccc12. The third kappa shape index (κ3) is 4.54. The molecule has 2 aromatic heterocycles. The molecule has 7 heteroatoms. The first kappa shape index (κ1) is 18.9. The number of aliphatic hydroxyl groups excluding tert-OH is 1. The number of carbonyl (C=O) groups excluding carboxylic acids is 1. The molecule has 0 saturated carbocycles. The van der Waals surface area contributed by atoms with Crippen molar-refractivity contribution in [3.8, 4) is 6.07 Å². The van der Waals surface area contributed by atoms with Crippen LogP contribution in [-0.4, -0.2) is 38.4 Å². The van der Waals surface area contributed by atoms with Gasteiger partial charge in [0.1, 0.15) is 0 Å². The summed E-state index contributed by atoms with van der Waals surface area (Å²) in [7, 11) is 0. The first-order valence-electron chi connectivity index (χ1n) is 8.48. The summed E-state index contributed by atoms with van der Waals surface area (Å²) in [5, 5.41) is 26.2. The topological polar surface area (TPSA) is 104 Å². The molecule has 0 saturated heterocycles. The highest BCUT2D eigenvalue weighted by atomic mass is 16.3. The molecule has 25 heavy (non-hydrogen) atoms. The minimum absolute atomic E-state index is 0.139. The third-order valence-corrected chi connectivity index (χ3v) is 4.16. The van der Waals surface area contributed by atoms with E-state index in [1.807, 2.05) is 26.8 Å². The van der Waals surface area contributed by atoms with Crippen molar-refractivity contribution in [2.45, 2.75) is 52.6 Å². The molecule has 134 valence electrons. The van der Waals surface area contributed by atoms with E-state index >= 15 is 0 Å². The van der Waals surface area contributed by atoms with E-state index in [9.17, 15) is 9.90 Å². The number of rotatable bonds is 7. The fraction of sp³-hybridized carbons (Fsp3) is 0.556. The molecule has 1 atom stereocenters. The Labute approximate surface area is 147 Å². The van der Waals surface area contributed by atoms with E-state index in [0.717, 1.165) is 12.8 Å². The number of hydrogen-bond donors (Lipinski definition) is 2. The monoisotopic (exact) mass is 343 g/mol. The Morgan fingerprint density at radius 2 is 2.20 bits per heavy atom. The molecule has 7 nitrogen and oxygen atoms in total. The highest BCUT2D eigenvalue weighted by Crippen LogP contribution is 2.21. The molecule has 1 amide bonds. The van der Waals surface area contributed by atoms with E-state index in [2.05, 4.69) is 21.5 Å². The maximum absolute atomic E-state index is 12.7. The predicted octanol–water partition coefficient (Wildman–Crippen LogP) is 2.26. The average molecular weight is 343 g/mol. The summed E-state index contributed by atoms with van der Waals surface area (Å²) in [4.78, 5) is 17.0. The van der Waals surface area contributed by atoms with Gasteiger partial charge in [-0.1, -0.05) is 20.8 Å². The van der Waals surface area contributed by atoms with E-state index < -0.39 is 0 Å². The molecule has 2 rings (SSSR count). The van der Waals surface area contributed by atoms with Crippen LogP contribution in [0.25, 0.3) is 11.0 Å². The Morgan fingerprint density at radius 1 is 1.44 bits per heavy atom. The number of nitrogens with zero attached hydrogens (tertiary/aromatic N) is 4. The van der Waals surface area contributed by atoms with Crippen LogP contribution in [0.4, 0.5) is 0 Å². The van der Waals surface area contributed by atoms with Crippen LogP contribution in [0.5, 0.6) is 0 Å². The van der Waals surface area contributed by atoms with E-state index in [-0.39, 0.29) is 24.0 Å². The minimum atomic E-state index is -0.368. The zero-order chi connectivity index (χ0) is 18.4. The quantitative estimate of drug-likeness (QED) is 0.751. The van der Waals surface area contributed by atoms with Gasteiger partial charge in [-0.25, -0.2) is 9.67 Å². The maximum Gasteiger partial charge on any atom is 0.272 e. The van der Waals surface area contributed by atoms with Gasteiger partial charge in [0, 0.05) is 19.2 Å².